The highest BCUT2D eigenvalue weighted by molar-refractivity contribution is 9.09. The van der Waals surface area contributed by atoms with Crippen LogP contribution in [0.3, 0.4) is 0 Å². The molecule has 0 bridgehead atoms. The number of hydrogen-bond acceptors (Lipinski definition) is 2. The zero-order valence-corrected chi connectivity index (χ0v) is 13.4. The summed E-state index contributed by atoms with van der Waals surface area (Å²) in [5.41, 5.74) is 5.50. The normalized spacial score (nSPS) is 14.5. The summed E-state index contributed by atoms with van der Waals surface area (Å²) in [7, 11) is 0. The van der Waals surface area contributed by atoms with E-state index < -0.39 is 0 Å². The van der Waals surface area contributed by atoms with Gasteiger partial charge in [-0.1, -0.05) is 69.6 Å². The number of aryl methyl sites for hydroxylation is 2. The maximum atomic E-state index is 5.28. The van der Waals surface area contributed by atoms with Crippen LogP contribution in [0, 0.1) is 0 Å². The van der Waals surface area contributed by atoms with Crippen molar-refractivity contribution in [1.82, 2.24) is 0 Å². The van der Waals surface area contributed by atoms with Crippen molar-refractivity contribution in [3.63, 3.8) is 0 Å². The Balaban J connectivity index is 2.00. The summed E-state index contributed by atoms with van der Waals surface area (Å²) < 4.78 is 0. The van der Waals surface area contributed by atoms with Gasteiger partial charge in [-0.3, -0.25) is 0 Å². The lowest BCUT2D eigenvalue weighted by molar-refractivity contribution is 0.163. The van der Waals surface area contributed by atoms with Gasteiger partial charge in [-0.05, 0) is 35.1 Å². The minimum atomic E-state index is 0.176. The second kappa shape index (κ2) is 6.90. The van der Waals surface area contributed by atoms with Crippen molar-refractivity contribution < 1.29 is 4.84 Å². The van der Waals surface area contributed by atoms with Crippen LogP contribution in [0.4, 0.5) is 0 Å². The zero-order valence-electron chi connectivity index (χ0n) is 11.8. The molecule has 3 rings (SSSR count). The van der Waals surface area contributed by atoms with Crippen LogP contribution in [0.1, 0.15) is 28.2 Å². The predicted octanol–water partition coefficient (Wildman–Crippen LogP) is 4.31. The molecule has 0 radical (unpaired) electrons. The Bertz CT molecular complexity index is 591. The molecule has 0 atom stereocenters. The molecule has 0 aliphatic heterocycles. The number of fused-ring (bicyclic) bond motifs is 2. The van der Waals surface area contributed by atoms with E-state index in [2.05, 4.69) is 69.6 Å². The minimum Gasteiger partial charge on any atom is -0.395 e. The van der Waals surface area contributed by atoms with E-state index in [1.807, 2.05) is 6.21 Å². The Hall–Kier alpha value is -1.61. The predicted molar refractivity (Wildman–Crippen MR) is 90.4 cm³/mol. The zero-order chi connectivity index (χ0) is 14.5. The van der Waals surface area contributed by atoms with Crippen molar-refractivity contribution in [3.05, 3.63) is 70.8 Å². The monoisotopic (exact) mass is 343 g/mol. The Labute approximate surface area is 134 Å². The van der Waals surface area contributed by atoms with Gasteiger partial charge in [-0.25, -0.2) is 0 Å². The number of nitrogens with zero attached hydrogens (tertiary/aromatic N) is 1. The molecule has 2 aromatic carbocycles. The van der Waals surface area contributed by atoms with Crippen molar-refractivity contribution in [2.45, 2.75) is 18.8 Å². The third kappa shape index (κ3) is 3.18. The lowest BCUT2D eigenvalue weighted by Gasteiger charge is -2.15. The fourth-order valence-electron chi connectivity index (χ4n) is 2.92. The molecule has 0 N–H and O–H groups in total. The van der Waals surface area contributed by atoms with Gasteiger partial charge in [-0.15, -0.1) is 0 Å². The van der Waals surface area contributed by atoms with Crippen LogP contribution in [-0.4, -0.2) is 18.2 Å². The van der Waals surface area contributed by atoms with Crippen LogP contribution in [0.5, 0.6) is 0 Å². The van der Waals surface area contributed by atoms with Gasteiger partial charge < -0.3 is 4.84 Å². The smallest absolute Gasteiger partial charge is 0.126 e. The molecule has 21 heavy (non-hydrogen) atoms. The van der Waals surface area contributed by atoms with Crippen molar-refractivity contribution in [3.8, 4) is 0 Å². The molecule has 3 heteroatoms. The fourth-order valence-corrected chi connectivity index (χ4v) is 3.06. The van der Waals surface area contributed by atoms with Crippen molar-refractivity contribution in [1.29, 1.82) is 0 Å². The molecule has 0 fully saturated rings. The van der Waals surface area contributed by atoms with Crippen LogP contribution in [0.25, 0.3) is 0 Å². The maximum Gasteiger partial charge on any atom is 0.126 e. The van der Waals surface area contributed by atoms with E-state index in [-0.39, 0.29) is 5.92 Å². The highest BCUT2D eigenvalue weighted by atomic mass is 79.9. The quantitative estimate of drug-likeness (QED) is 0.350. The number of rotatable bonds is 4. The van der Waals surface area contributed by atoms with Crippen molar-refractivity contribution in [2.75, 3.05) is 11.9 Å². The molecule has 0 saturated carbocycles. The summed E-state index contributed by atoms with van der Waals surface area (Å²) in [6, 6.07) is 17.3. The minimum absolute atomic E-state index is 0.176. The molecule has 0 amide bonds. The Morgan fingerprint density at radius 1 is 1.00 bits per heavy atom. The molecule has 0 aromatic heterocycles. The van der Waals surface area contributed by atoms with E-state index in [1.165, 1.54) is 22.3 Å². The first-order valence-electron chi connectivity index (χ1n) is 7.27. The van der Waals surface area contributed by atoms with Crippen molar-refractivity contribution >= 4 is 22.1 Å². The molecular formula is C18H18BrNO. The fraction of sp³-hybridized carbons (Fsp3) is 0.278. The Morgan fingerprint density at radius 2 is 1.57 bits per heavy atom. The summed E-state index contributed by atoms with van der Waals surface area (Å²) in [4.78, 5) is 5.28. The number of alkyl halides is 1. The van der Waals surface area contributed by atoms with E-state index in [0.29, 0.717) is 6.61 Å². The van der Waals surface area contributed by atoms with Crippen LogP contribution < -0.4 is 0 Å². The number of halogens is 1. The lowest BCUT2D eigenvalue weighted by atomic mass is 9.89. The largest absolute Gasteiger partial charge is 0.395 e. The summed E-state index contributed by atoms with van der Waals surface area (Å²) in [5, 5.41) is 4.96. The van der Waals surface area contributed by atoms with Crippen LogP contribution in [0.2, 0.25) is 0 Å². The average molecular weight is 344 g/mol. The van der Waals surface area contributed by atoms with E-state index in [9.17, 15) is 0 Å². The van der Waals surface area contributed by atoms with Gasteiger partial charge in [0.1, 0.15) is 6.61 Å². The Kier molecular flexibility index (Phi) is 4.71. The highest BCUT2D eigenvalue weighted by Gasteiger charge is 2.21. The SMILES string of the molecule is BrCCO/N=C/C1c2ccccc2CCc2ccccc21. The van der Waals surface area contributed by atoms with Gasteiger partial charge in [-0.2, -0.15) is 0 Å². The van der Waals surface area contributed by atoms with Gasteiger partial charge in [0.15, 0.2) is 0 Å². The first-order chi connectivity index (χ1) is 10.4. The van der Waals surface area contributed by atoms with E-state index in [0.717, 1.165) is 18.2 Å². The first kappa shape index (κ1) is 14.3. The number of hydrogen-bond donors (Lipinski definition) is 0. The molecule has 1 aliphatic carbocycles. The standard InChI is InChI=1S/C18H18BrNO/c19-11-12-21-20-13-18-16-7-3-1-5-14(16)9-10-15-6-2-4-8-17(15)18/h1-8,13,18H,9-12H2/b20-13+. The highest BCUT2D eigenvalue weighted by Crippen LogP contribution is 2.32. The molecule has 0 unspecified atom stereocenters. The van der Waals surface area contributed by atoms with Crippen LogP contribution in [-0.2, 0) is 17.7 Å². The second-order valence-corrected chi connectivity index (χ2v) is 5.94. The lowest BCUT2D eigenvalue weighted by Crippen LogP contribution is -2.06. The molecular weight excluding hydrogens is 326 g/mol. The van der Waals surface area contributed by atoms with Crippen molar-refractivity contribution in [2.24, 2.45) is 5.16 Å². The molecule has 108 valence electrons. The van der Waals surface area contributed by atoms with Gasteiger partial charge in [0.2, 0.25) is 0 Å². The number of benzene rings is 2. The van der Waals surface area contributed by atoms with Crippen LogP contribution in [0.15, 0.2) is 53.7 Å². The second-order valence-electron chi connectivity index (χ2n) is 5.15. The molecule has 0 saturated heterocycles. The third-order valence-corrected chi connectivity index (χ3v) is 4.22. The molecule has 2 nitrogen and oxygen atoms in total. The van der Waals surface area contributed by atoms with Gasteiger partial charge in [0.05, 0.1) is 6.21 Å². The van der Waals surface area contributed by atoms with Gasteiger partial charge in [0.25, 0.3) is 0 Å². The molecule has 1 aliphatic rings. The summed E-state index contributed by atoms with van der Waals surface area (Å²) in [5.74, 6) is 0.176. The maximum absolute atomic E-state index is 5.28. The molecule has 0 heterocycles. The number of oxime groups is 1. The van der Waals surface area contributed by atoms with Gasteiger partial charge >= 0.3 is 0 Å². The third-order valence-electron chi connectivity index (χ3n) is 3.90. The van der Waals surface area contributed by atoms with Crippen LogP contribution >= 0.6 is 15.9 Å². The summed E-state index contributed by atoms with van der Waals surface area (Å²) in [6.07, 6.45) is 4.10. The van der Waals surface area contributed by atoms with E-state index in [4.69, 9.17) is 4.84 Å². The van der Waals surface area contributed by atoms with E-state index >= 15 is 0 Å². The summed E-state index contributed by atoms with van der Waals surface area (Å²) in [6.45, 7) is 0.590. The van der Waals surface area contributed by atoms with E-state index in [1.54, 1.807) is 0 Å². The Morgan fingerprint density at radius 3 is 2.14 bits per heavy atom. The molecule has 2 aromatic rings. The first-order valence-corrected chi connectivity index (χ1v) is 8.39. The topological polar surface area (TPSA) is 21.6 Å². The summed E-state index contributed by atoms with van der Waals surface area (Å²) >= 11 is 3.34. The molecule has 0 spiro atoms. The van der Waals surface area contributed by atoms with Gasteiger partial charge in [0, 0.05) is 11.2 Å². The average Bonchev–Trinajstić information content (AvgIpc) is 2.69.